The second-order valence-electron chi connectivity index (χ2n) is 7.06. The molecular formula is C21H22ClN5O3S. The molecule has 8 nitrogen and oxygen atoms in total. The van der Waals surface area contributed by atoms with Crippen LogP contribution in [-0.4, -0.2) is 53.8 Å². The maximum absolute atomic E-state index is 12.4. The van der Waals surface area contributed by atoms with Crippen LogP contribution in [0.1, 0.15) is 6.92 Å². The van der Waals surface area contributed by atoms with Crippen molar-refractivity contribution in [3.8, 4) is 0 Å². The number of anilines is 3. The molecule has 1 aromatic heterocycles. The van der Waals surface area contributed by atoms with Crippen molar-refractivity contribution < 1.29 is 14.3 Å². The number of aromatic amines is 1. The van der Waals surface area contributed by atoms with E-state index < -0.39 is 0 Å². The Labute approximate surface area is 188 Å². The van der Waals surface area contributed by atoms with Crippen molar-refractivity contribution in [3.63, 3.8) is 0 Å². The van der Waals surface area contributed by atoms with E-state index in [0.29, 0.717) is 34.8 Å². The number of imidazole rings is 1. The molecule has 0 bridgehead atoms. The molecule has 31 heavy (non-hydrogen) atoms. The minimum Gasteiger partial charge on any atom is -0.378 e. The Morgan fingerprint density at radius 1 is 1.16 bits per heavy atom. The summed E-state index contributed by atoms with van der Waals surface area (Å²) in [5.41, 5.74) is 3.84. The average Bonchev–Trinajstić information content (AvgIpc) is 3.15. The highest BCUT2D eigenvalue weighted by atomic mass is 35.5. The number of nitrogens with one attached hydrogen (secondary N) is 3. The zero-order valence-corrected chi connectivity index (χ0v) is 18.5. The van der Waals surface area contributed by atoms with E-state index in [2.05, 4.69) is 25.5 Å². The molecule has 3 N–H and O–H groups in total. The molecule has 2 heterocycles. The Balaban J connectivity index is 1.34. The maximum atomic E-state index is 12.4. The summed E-state index contributed by atoms with van der Waals surface area (Å²) < 4.78 is 5.37. The predicted molar refractivity (Wildman–Crippen MR) is 124 cm³/mol. The number of ether oxygens (including phenoxy) is 1. The van der Waals surface area contributed by atoms with Gasteiger partial charge in [0.1, 0.15) is 0 Å². The van der Waals surface area contributed by atoms with Crippen LogP contribution in [0.25, 0.3) is 11.0 Å². The Bertz CT molecular complexity index is 1110. The second-order valence-corrected chi connectivity index (χ2v) is 8.43. The first-order valence-electron chi connectivity index (χ1n) is 9.80. The quantitative estimate of drug-likeness (QED) is 0.485. The number of rotatable bonds is 6. The molecule has 0 unspecified atom stereocenters. The smallest absolute Gasteiger partial charge is 0.234 e. The average molecular weight is 460 g/mol. The Kier molecular flexibility index (Phi) is 6.64. The molecule has 1 fully saturated rings. The SMILES string of the molecule is CC(=O)Nc1ccc2nc(SCC(=O)Nc3ccc(N4CCOCC4)c(Cl)c3)[nH]c2c1. The fourth-order valence-electron chi connectivity index (χ4n) is 3.31. The Morgan fingerprint density at radius 2 is 1.90 bits per heavy atom. The van der Waals surface area contributed by atoms with Crippen LogP contribution in [0.5, 0.6) is 0 Å². The van der Waals surface area contributed by atoms with E-state index in [1.165, 1.54) is 18.7 Å². The molecule has 0 aliphatic carbocycles. The van der Waals surface area contributed by atoms with Crippen LogP contribution in [0.15, 0.2) is 41.6 Å². The zero-order valence-electron chi connectivity index (χ0n) is 16.9. The lowest BCUT2D eigenvalue weighted by atomic mass is 10.2. The molecular weight excluding hydrogens is 438 g/mol. The number of fused-ring (bicyclic) bond motifs is 1. The highest BCUT2D eigenvalue weighted by molar-refractivity contribution is 7.99. The minimum atomic E-state index is -0.153. The van der Waals surface area contributed by atoms with E-state index in [9.17, 15) is 9.59 Å². The summed E-state index contributed by atoms with van der Waals surface area (Å²) in [5.74, 6) is -0.0934. The van der Waals surface area contributed by atoms with E-state index in [4.69, 9.17) is 16.3 Å². The monoisotopic (exact) mass is 459 g/mol. The van der Waals surface area contributed by atoms with Crippen LogP contribution >= 0.6 is 23.4 Å². The summed E-state index contributed by atoms with van der Waals surface area (Å²) in [7, 11) is 0. The van der Waals surface area contributed by atoms with Crippen LogP contribution in [-0.2, 0) is 14.3 Å². The van der Waals surface area contributed by atoms with Gasteiger partial charge in [0, 0.05) is 31.4 Å². The van der Waals surface area contributed by atoms with Crippen molar-refractivity contribution in [3.05, 3.63) is 41.4 Å². The number of halogens is 1. The van der Waals surface area contributed by atoms with Gasteiger partial charge in [-0.25, -0.2) is 4.98 Å². The van der Waals surface area contributed by atoms with Crippen LogP contribution in [0.4, 0.5) is 17.1 Å². The standard InChI is InChI=1S/C21H22ClN5O3S/c1-13(28)23-15-2-4-17-18(11-15)26-21(25-17)31-12-20(29)24-14-3-5-19(16(22)10-14)27-6-8-30-9-7-27/h2-5,10-11H,6-9,12H2,1H3,(H,23,28)(H,24,29)(H,25,26). The van der Waals surface area contributed by atoms with E-state index in [1.807, 2.05) is 24.3 Å². The van der Waals surface area contributed by atoms with Gasteiger partial charge < -0.3 is 25.3 Å². The largest absolute Gasteiger partial charge is 0.378 e. The van der Waals surface area contributed by atoms with Crippen molar-refractivity contribution in [2.24, 2.45) is 0 Å². The lowest BCUT2D eigenvalue weighted by Crippen LogP contribution is -2.36. The number of carbonyl (C=O) groups excluding carboxylic acids is 2. The fraction of sp³-hybridized carbons (Fsp3) is 0.286. The molecule has 1 aliphatic rings. The van der Waals surface area contributed by atoms with Crippen LogP contribution in [0, 0.1) is 0 Å². The molecule has 4 rings (SSSR count). The van der Waals surface area contributed by atoms with Crippen molar-refractivity contribution in [2.75, 3.05) is 47.6 Å². The zero-order chi connectivity index (χ0) is 21.8. The highest BCUT2D eigenvalue weighted by Gasteiger charge is 2.15. The van der Waals surface area contributed by atoms with Gasteiger partial charge in [0.05, 0.1) is 40.7 Å². The van der Waals surface area contributed by atoms with Crippen LogP contribution in [0.2, 0.25) is 5.02 Å². The molecule has 10 heteroatoms. The molecule has 0 spiro atoms. The second kappa shape index (κ2) is 9.59. The molecule has 0 radical (unpaired) electrons. The number of thioether (sulfide) groups is 1. The Morgan fingerprint density at radius 3 is 2.65 bits per heavy atom. The number of amides is 2. The molecule has 0 saturated carbocycles. The number of hydrogen-bond donors (Lipinski definition) is 3. The van der Waals surface area contributed by atoms with E-state index in [1.54, 1.807) is 12.1 Å². The van der Waals surface area contributed by atoms with E-state index in [0.717, 1.165) is 29.8 Å². The summed E-state index contributed by atoms with van der Waals surface area (Å²) in [6, 6.07) is 11.0. The van der Waals surface area contributed by atoms with Gasteiger partial charge in [0.25, 0.3) is 0 Å². The maximum Gasteiger partial charge on any atom is 0.234 e. The number of aromatic nitrogens is 2. The number of carbonyl (C=O) groups is 2. The third kappa shape index (κ3) is 5.49. The van der Waals surface area contributed by atoms with E-state index in [-0.39, 0.29) is 17.6 Å². The van der Waals surface area contributed by atoms with Gasteiger partial charge in [0.2, 0.25) is 11.8 Å². The Hall–Kier alpha value is -2.75. The van der Waals surface area contributed by atoms with Gasteiger partial charge in [-0.3, -0.25) is 9.59 Å². The number of nitrogens with zero attached hydrogens (tertiary/aromatic N) is 2. The number of benzene rings is 2. The normalized spacial score (nSPS) is 13.9. The molecule has 1 saturated heterocycles. The van der Waals surface area contributed by atoms with Gasteiger partial charge in [-0.2, -0.15) is 0 Å². The first-order valence-corrected chi connectivity index (χ1v) is 11.2. The summed E-state index contributed by atoms with van der Waals surface area (Å²) in [4.78, 5) is 33.4. The third-order valence-electron chi connectivity index (χ3n) is 4.70. The first-order chi connectivity index (χ1) is 15.0. The summed E-state index contributed by atoms with van der Waals surface area (Å²) >= 11 is 7.73. The third-order valence-corrected chi connectivity index (χ3v) is 5.88. The van der Waals surface area contributed by atoms with Gasteiger partial charge in [0.15, 0.2) is 5.16 Å². The fourth-order valence-corrected chi connectivity index (χ4v) is 4.30. The number of hydrogen-bond acceptors (Lipinski definition) is 6. The van der Waals surface area contributed by atoms with Crippen molar-refractivity contribution in [1.82, 2.24) is 9.97 Å². The molecule has 1 aliphatic heterocycles. The first kappa shape index (κ1) is 21.5. The number of morpholine rings is 1. The van der Waals surface area contributed by atoms with Crippen molar-refractivity contribution in [2.45, 2.75) is 12.1 Å². The van der Waals surface area contributed by atoms with Gasteiger partial charge in [-0.1, -0.05) is 23.4 Å². The molecule has 3 aromatic rings. The molecule has 2 amide bonds. The molecule has 2 aromatic carbocycles. The van der Waals surface area contributed by atoms with E-state index >= 15 is 0 Å². The van der Waals surface area contributed by atoms with Gasteiger partial charge in [-0.15, -0.1) is 0 Å². The van der Waals surface area contributed by atoms with Crippen LogP contribution < -0.4 is 15.5 Å². The predicted octanol–water partition coefficient (Wildman–Crippen LogP) is 3.74. The lowest BCUT2D eigenvalue weighted by Gasteiger charge is -2.29. The van der Waals surface area contributed by atoms with Gasteiger partial charge in [-0.05, 0) is 36.4 Å². The summed E-state index contributed by atoms with van der Waals surface area (Å²) in [6.07, 6.45) is 0. The highest BCUT2D eigenvalue weighted by Crippen LogP contribution is 2.30. The number of H-pyrrole nitrogens is 1. The lowest BCUT2D eigenvalue weighted by molar-refractivity contribution is -0.114. The molecule has 162 valence electrons. The summed E-state index contributed by atoms with van der Waals surface area (Å²) in [6.45, 7) is 4.42. The van der Waals surface area contributed by atoms with Crippen LogP contribution in [0.3, 0.4) is 0 Å². The topological polar surface area (TPSA) is 99.3 Å². The summed E-state index contributed by atoms with van der Waals surface area (Å²) in [5, 5.41) is 6.83. The minimum absolute atomic E-state index is 0.136. The van der Waals surface area contributed by atoms with Gasteiger partial charge >= 0.3 is 0 Å². The molecule has 0 atom stereocenters. The van der Waals surface area contributed by atoms with Crippen molar-refractivity contribution in [1.29, 1.82) is 0 Å². The van der Waals surface area contributed by atoms with Crippen molar-refractivity contribution >= 4 is 63.3 Å².